The van der Waals surface area contributed by atoms with Gasteiger partial charge in [0.1, 0.15) is 5.82 Å². The van der Waals surface area contributed by atoms with Gasteiger partial charge in [-0.05, 0) is 29.8 Å². The number of nitrogens with zero attached hydrogens (tertiary/aromatic N) is 1. The van der Waals surface area contributed by atoms with Gasteiger partial charge in [0.2, 0.25) is 5.95 Å². The summed E-state index contributed by atoms with van der Waals surface area (Å²) < 4.78 is 25.8. The van der Waals surface area contributed by atoms with Gasteiger partial charge in [0.15, 0.2) is 0 Å². The fraction of sp³-hybridized carbons (Fsp3) is 0. The highest BCUT2D eigenvalue weighted by Gasteiger charge is 2.04. The number of rotatable bonds is 1. The van der Waals surface area contributed by atoms with E-state index < -0.39 is 5.95 Å². The smallest absolute Gasteiger partial charge is 0.220 e. The summed E-state index contributed by atoms with van der Waals surface area (Å²) >= 11 is 0. The van der Waals surface area contributed by atoms with Crippen molar-refractivity contribution >= 4 is 0 Å². The molecule has 0 aliphatic heterocycles. The predicted molar refractivity (Wildman–Crippen MR) is 49.6 cm³/mol. The predicted octanol–water partition coefficient (Wildman–Crippen LogP) is 3.03. The Labute approximate surface area is 80.0 Å². The molecular formula is C11H7F2N. The summed E-state index contributed by atoms with van der Waals surface area (Å²) in [6, 6.07) is 8.88. The van der Waals surface area contributed by atoms with E-state index in [1.165, 1.54) is 30.5 Å². The van der Waals surface area contributed by atoms with Crippen LogP contribution in [0.3, 0.4) is 0 Å². The zero-order valence-corrected chi connectivity index (χ0v) is 7.24. The van der Waals surface area contributed by atoms with Crippen LogP contribution in [-0.4, -0.2) is 4.98 Å². The first-order valence-corrected chi connectivity index (χ1v) is 4.14. The summed E-state index contributed by atoms with van der Waals surface area (Å²) in [5.74, 6) is -0.878. The van der Waals surface area contributed by atoms with Crippen molar-refractivity contribution in [1.82, 2.24) is 4.98 Å². The molecular weight excluding hydrogens is 184 g/mol. The fourth-order valence-corrected chi connectivity index (χ4v) is 1.23. The second-order valence-corrected chi connectivity index (χ2v) is 2.85. The third-order valence-electron chi connectivity index (χ3n) is 1.91. The largest absolute Gasteiger partial charge is 0.228 e. The van der Waals surface area contributed by atoms with Gasteiger partial charge in [-0.15, -0.1) is 0 Å². The van der Waals surface area contributed by atoms with E-state index in [-0.39, 0.29) is 5.82 Å². The average molecular weight is 191 g/mol. The second kappa shape index (κ2) is 3.54. The molecule has 14 heavy (non-hydrogen) atoms. The van der Waals surface area contributed by atoms with Gasteiger partial charge in [-0.1, -0.05) is 12.1 Å². The minimum atomic E-state index is -0.542. The van der Waals surface area contributed by atoms with Gasteiger partial charge in [-0.3, -0.25) is 0 Å². The Hall–Kier alpha value is -1.77. The summed E-state index contributed by atoms with van der Waals surface area (Å²) in [5, 5.41) is 0. The van der Waals surface area contributed by atoms with Crippen LogP contribution in [-0.2, 0) is 0 Å². The van der Waals surface area contributed by atoms with Gasteiger partial charge >= 0.3 is 0 Å². The lowest BCUT2D eigenvalue weighted by atomic mass is 10.1. The van der Waals surface area contributed by atoms with Gasteiger partial charge in [-0.25, -0.2) is 9.37 Å². The summed E-state index contributed by atoms with van der Waals surface area (Å²) in [7, 11) is 0. The zero-order valence-electron chi connectivity index (χ0n) is 7.24. The van der Waals surface area contributed by atoms with Crippen LogP contribution in [0.1, 0.15) is 0 Å². The van der Waals surface area contributed by atoms with Crippen LogP contribution in [0.5, 0.6) is 0 Å². The second-order valence-electron chi connectivity index (χ2n) is 2.85. The topological polar surface area (TPSA) is 12.9 Å². The van der Waals surface area contributed by atoms with Crippen LogP contribution in [0.2, 0.25) is 0 Å². The molecule has 70 valence electrons. The van der Waals surface area contributed by atoms with E-state index in [2.05, 4.69) is 4.98 Å². The molecule has 1 heterocycles. The Balaban J connectivity index is 2.50. The van der Waals surface area contributed by atoms with Crippen molar-refractivity contribution in [2.75, 3.05) is 0 Å². The van der Waals surface area contributed by atoms with E-state index in [0.717, 1.165) is 0 Å². The third-order valence-corrected chi connectivity index (χ3v) is 1.91. The summed E-state index contributed by atoms with van der Waals surface area (Å²) in [4.78, 5) is 3.52. The van der Waals surface area contributed by atoms with Gasteiger partial charge in [0.05, 0.1) is 0 Å². The van der Waals surface area contributed by atoms with Crippen molar-refractivity contribution in [3.63, 3.8) is 0 Å². The van der Waals surface area contributed by atoms with Crippen molar-refractivity contribution in [3.05, 3.63) is 54.4 Å². The van der Waals surface area contributed by atoms with Crippen molar-refractivity contribution in [2.24, 2.45) is 0 Å². The monoisotopic (exact) mass is 191 g/mol. The first-order valence-electron chi connectivity index (χ1n) is 4.14. The zero-order chi connectivity index (χ0) is 9.97. The fourth-order valence-electron chi connectivity index (χ4n) is 1.23. The van der Waals surface area contributed by atoms with Crippen LogP contribution in [0.15, 0.2) is 42.6 Å². The van der Waals surface area contributed by atoms with Crippen LogP contribution >= 0.6 is 0 Å². The summed E-state index contributed by atoms with van der Waals surface area (Å²) in [6.07, 6.45) is 1.38. The third kappa shape index (κ3) is 1.62. The Bertz CT molecular complexity index is 437. The Morgan fingerprint density at radius 3 is 2.29 bits per heavy atom. The van der Waals surface area contributed by atoms with Gasteiger partial charge in [-0.2, -0.15) is 4.39 Å². The van der Waals surface area contributed by atoms with Crippen molar-refractivity contribution in [1.29, 1.82) is 0 Å². The highest BCUT2D eigenvalue weighted by atomic mass is 19.1. The number of hydrogen-bond acceptors (Lipinski definition) is 1. The summed E-state index contributed by atoms with van der Waals surface area (Å²) in [6.45, 7) is 0. The average Bonchev–Trinajstić information content (AvgIpc) is 2.20. The van der Waals surface area contributed by atoms with E-state index in [1.807, 2.05) is 0 Å². The molecule has 0 unspecified atom stereocenters. The van der Waals surface area contributed by atoms with E-state index in [0.29, 0.717) is 11.1 Å². The lowest BCUT2D eigenvalue weighted by molar-refractivity contribution is 0.587. The SMILES string of the molecule is Fc1ccc(-c2cccnc2F)cc1. The molecule has 1 nitrogen and oxygen atoms in total. The maximum absolute atomic E-state index is 13.2. The molecule has 0 saturated carbocycles. The molecule has 1 aromatic heterocycles. The lowest BCUT2D eigenvalue weighted by Crippen LogP contribution is -1.87. The molecule has 0 radical (unpaired) electrons. The molecule has 2 aromatic rings. The molecule has 0 aliphatic rings. The lowest BCUT2D eigenvalue weighted by Gasteiger charge is -2.01. The molecule has 1 aromatic carbocycles. The van der Waals surface area contributed by atoms with Crippen molar-refractivity contribution < 1.29 is 8.78 Å². The Kier molecular flexibility index (Phi) is 2.23. The minimum Gasteiger partial charge on any atom is -0.228 e. The number of hydrogen-bond donors (Lipinski definition) is 0. The molecule has 0 saturated heterocycles. The first kappa shape index (κ1) is 8.81. The molecule has 0 fully saturated rings. The Morgan fingerprint density at radius 2 is 1.64 bits per heavy atom. The number of aromatic nitrogens is 1. The molecule has 2 rings (SSSR count). The van der Waals surface area contributed by atoms with Gasteiger partial charge in [0.25, 0.3) is 0 Å². The number of pyridine rings is 1. The van der Waals surface area contributed by atoms with E-state index in [4.69, 9.17) is 0 Å². The van der Waals surface area contributed by atoms with Crippen molar-refractivity contribution in [3.8, 4) is 11.1 Å². The molecule has 0 bridgehead atoms. The molecule has 0 N–H and O–H groups in total. The quantitative estimate of drug-likeness (QED) is 0.631. The standard InChI is InChI=1S/C11H7F2N/c12-9-5-3-8(4-6-9)10-2-1-7-14-11(10)13/h1-7H. The highest BCUT2D eigenvalue weighted by molar-refractivity contribution is 5.62. The van der Waals surface area contributed by atoms with Crippen molar-refractivity contribution in [2.45, 2.75) is 0 Å². The van der Waals surface area contributed by atoms with E-state index in [9.17, 15) is 8.78 Å². The van der Waals surface area contributed by atoms with Crippen LogP contribution in [0, 0.1) is 11.8 Å². The molecule has 0 atom stereocenters. The van der Waals surface area contributed by atoms with Crippen LogP contribution < -0.4 is 0 Å². The molecule has 0 amide bonds. The van der Waals surface area contributed by atoms with E-state index in [1.54, 1.807) is 12.1 Å². The summed E-state index contributed by atoms with van der Waals surface area (Å²) in [5.41, 5.74) is 1.00. The maximum atomic E-state index is 13.2. The van der Waals surface area contributed by atoms with Gasteiger partial charge < -0.3 is 0 Å². The van der Waals surface area contributed by atoms with E-state index >= 15 is 0 Å². The number of halogens is 2. The van der Waals surface area contributed by atoms with Crippen LogP contribution in [0.4, 0.5) is 8.78 Å². The first-order chi connectivity index (χ1) is 6.77. The molecule has 3 heteroatoms. The normalized spacial score (nSPS) is 10.1. The Morgan fingerprint density at radius 1 is 0.929 bits per heavy atom. The molecule has 0 spiro atoms. The highest BCUT2D eigenvalue weighted by Crippen LogP contribution is 2.20. The molecule has 0 aliphatic carbocycles. The van der Waals surface area contributed by atoms with Gasteiger partial charge in [0, 0.05) is 11.8 Å². The van der Waals surface area contributed by atoms with Crippen LogP contribution in [0.25, 0.3) is 11.1 Å². The number of benzene rings is 1. The maximum Gasteiger partial charge on any atom is 0.220 e. The minimum absolute atomic E-state index is 0.335.